The molecule has 0 radical (unpaired) electrons. The van der Waals surface area contributed by atoms with E-state index in [-0.39, 0.29) is 17.9 Å². The number of carbonyl (C=O) groups is 2. The van der Waals surface area contributed by atoms with Gasteiger partial charge in [0.05, 0.1) is 0 Å². The van der Waals surface area contributed by atoms with Crippen molar-refractivity contribution in [2.24, 2.45) is 0 Å². The Morgan fingerprint density at radius 1 is 1.42 bits per heavy atom. The average Bonchev–Trinajstić information content (AvgIpc) is 2.32. The van der Waals surface area contributed by atoms with Gasteiger partial charge < -0.3 is 10.2 Å². The van der Waals surface area contributed by atoms with Crippen molar-refractivity contribution in [2.45, 2.75) is 25.8 Å². The first-order chi connectivity index (χ1) is 8.95. The molecule has 2 amide bonds. The molecule has 1 atom stereocenters. The highest BCUT2D eigenvalue weighted by Crippen LogP contribution is 2.16. The number of halogens is 1. The Morgan fingerprint density at radius 2 is 2.16 bits per heavy atom. The molecule has 0 unspecified atom stereocenters. The van der Waals surface area contributed by atoms with Gasteiger partial charge in [0.1, 0.15) is 0 Å². The molecule has 1 aliphatic heterocycles. The molecule has 0 spiro atoms. The lowest BCUT2D eigenvalue weighted by molar-refractivity contribution is -0.132. The van der Waals surface area contributed by atoms with Crippen LogP contribution in [0.2, 0.25) is 0 Å². The molecule has 1 saturated heterocycles. The van der Waals surface area contributed by atoms with Gasteiger partial charge in [0, 0.05) is 36.1 Å². The number of hydrogen-bond acceptors (Lipinski definition) is 2. The van der Waals surface area contributed by atoms with E-state index in [0.29, 0.717) is 24.9 Å². The molecule has 0 saturated carbocycles. The highest BCUT2D eigenvalue weighted by molar-refractivity contribution is 9.10. The van der Waals surface area contributed by atoms with Crippen LogP contribution in [0, 0.1) is 6.92 Å². The Bertz CT molecular complexity index is 496. The van der Waals surface area contributed by atoms with E-state index in [1.165, 1.54) is 0 Å². The van der Waals surface area contributed by atoms with Gasteiger partial charge in [-0.15, -0.1) is 0 Å². The quantitative estimate of drug-likeness (QED) is 0.905. The fourth-order valence-electron chi connectivity index (χ4n) is 2.27. The Morgan fingerprint density at radius 3 is 2.79 bits per heavy atom. The second kappa shape index (κ2) is 5.74. The fourth-order valence-corrected chi connectivity index (χ4v) is 2.87. The second-order valence-electron chi connectivity index (χ2n) is 5.00. The van der Waals surface area contributed by atoms with Crippen molar-refractivity contribution in [1.82, 2.24) is 10.2 Å². The van der Waals surface area contributed by atoms with Crippen molar-refractivity contribution in [1.29, 1.82) is 0 Å². The van der Waals surface area contributed by atoms with Gasteiger partial charge >= 0.3 is 0 Å². The molecular weight excluding hydrogens is 308 g/mol. The molecule has 1 aromatic carbocycles. The van der Waals surface area contributed by atoms with Crippen LogP contribution >= 0.6 is 15.9 Å². The zero-order valence-corrected chi connectivity index (χ0v) is 12.7. The Balaban J connectivity index is 2.03. The predicted octanol–water partition coefficient (Wildman–Crippen LogP) is 2.11. The van der Waals surface area contributed by atoms with Crippen molar-refractivity contribution in [3.63, 3.8) is 0 Å². The van der Waals surface area contributed by atoms with Gasteiger partial charge in [-0.3, -0.25) is 9.59 Å². The Hall–Kier alpha value is -1.36. The summed E-state index contributed by atoms with van der Waals surface area (Å²) >= 11 is 3.39. The number of piperidine rings is 1. The smallest absolute Gasteiger partial charge is 0.251 e. The van der Waals surface area contributed by atoms with Crippen LogP contribution < -0.4 is 5.32 Å². The molecule has 1 heterocycles. The van der Waals surface area contributed by atoms with Crippen LogP contribution in [0.25, 0.3) is 0 Å². The molecule has 1 N–H and O–H groups in total. The lowest BCUT2D eigenvalue weighted by atomic mass is 10.0. The normalized spacial score (nSPS) is 19.4. The van der Waals surface area contributed by atoms with Crippen molar-refractivity contribution in [3.8, 4) is 0 Å². The standard InChI is InChI=1S/C14H17BrN2O2/c1-9-5-10(7-11(15)6-9)14(19)16-12-3-4-13(18)17(2)8-12/h5-7,12H,3-4,8H2,1-2H3,(H,16,19)/t12-/m1/s1. The van der Waals surface area contributed by atoms with E-state index in [4.69, 9.17) is 0 Å². The van der Waals surface area contributed by atoms with Crippen molar-refractivity contribution >= 4 is 27.7 Å². The van der Waals surface area contributed by atoms with Gasteiger partial charge in [-0.25, -0.2) is 0 Å². The number of rotatable bonds is 2. The van der Waals surface area contributed by atoms with Crippen LogP contribution in [0.5, 0.6) is 0 Å². The molecule has 2 rings (SSSR count). The van der Waals surface area contributed by atoms with Crippen LogP contribution in [0.1, 0.15) is 28.8 Å². The summed E-state index contributed by atoms with van der Waals surface area (Å²) in [5.41, 5.74) is 1.68. The lowest BCUT2D eigenvalue weighted by Crippen LogP contribution is -2.48. The summed E-state index contributed by atoms with van der Waals surface area (Å²) in [7, 11) is 1.77. The molecule has 0 aromatic heterocycles. The molecular formula is C14H17BrN2O2. The van der Waals surface area contributed by atoms with Gasteiger partial charge in [-0.1, -0.05) is 15.9 Å². The zero-order chi connectivity index (χ0) is 14.0. The number of benzene rings is 1. The third kappa shape index (κ3) is 3.56. The largest absolute Gasteiger partial charge is 0.348 e. The Labute approximate surface area is 121 Å². The van der Waals surface area contributed by atoms with E-state index in [0.717, 1.165) is 10.0 Å². The number of nitrogens with one attached hydrogen (secondary N) is 1. The summed E-state index contributed by atoms with van der Waals surface area (Å²) in [6.45, 7) is 2.53. The maximum absolute atomic E-state index is 12.2. The number of likely N-dealkylation sites (tertiary alicyclic amines) is 1. The zero-order valence-electron chi connectivity index (χ0n) is 11.1. The van der Waals surface area contributed by atoms with Gasteiger partial charge in [-0.05, 0) is 37.1 Å². The summed E-state index contributed by atoms with van der Waals surface area (Å²) in [4.78, 5) is 25.2. The lowest BCUT2D eigenvalue weighted by Gasteiger charge is -2.30. The van der Waals surface area contributed by atoms with Crippen LogP contribution in [0.15, 0.2) is 22.7 Å². The first kappa shape index (κ1) is 14.1. The Kier molecular flexibility index (Phi) is 4.24. The minimum absolute atomic E-state index is 0.0366. The molecule has 19 heavy (non-hydrogen) atoms. The van der Waals surface area contributed by atoms with E-state index >= 15 is 0 Å². The number of amides is 2. The van der Waals surface area contributed by atoms with Gasteiger partial charge in [0.2, 0.25) is 5.91 Å². The number of likely N-dealkylation sites (N-methyl/N-ethyl adjacent to an activating group) is 1. The summed E-state index contributed by atoms with van der Waals surface area (Å²) < 4.78 is 0.897. The minimum atomic E-state index is -0.0860. The van der Waals surface area contributed by atoms with Gasteiger partial charge in [0.25, 0.3) is 5.91 Å². The summed E-state index contributed by atoms with van der Waals surface area (Å²) in [6.07, 6.45) is 1.21. The number of hydrogen-bond donors (Lipinski definition) is 1. The monoisotopic (exact) mass is 324 g/mol. The molecule has 1 fully saturated rings. The summed E-state index contributed by atoms with van der Waals surface area (Å²) in [5.74, 6) is 0.0564. The molecule has 102 valence electrons. The van der Waals surface area contributed by atoms with Gasteiger partial charge in [0.15, 0.2) is 0 Å². The molecule has 5 heteroatoms. The van der Waals surface area contributed by atoms with Crippen LogP contribution in [0.3, 0.4) is 0 Å². The van der Waals surface area contributed by atoms with Crippen LogP contribution in [-0.4, -0.2) is 36.3 Å². The molecule has 0 aliphatic carbocycles. The minimum Gasteiger partial charge on any atom is -0.348 e. The summed E-state index contributed by atoms with van der Waals surface area (Å²) in [6, 6.07) is 5.66. The van der Waals surface area contributed by atoms with E-state index in [2.05, 4.69) is 21.2 Å². The highest BCUT2D eigenvalue weighted by Gasteiger charge is 2.24. The summed E-state index contributed by atoms with van der Waals surface area (Å²) in [5, 5.41) is 2.99. The van der Waals surface area contributed by atoms with E-state index in [1.54, 1.807) is 18.0 Å². The van der Waals surface area contributed by atoms with Crippen LogP contribution in [-0.2, 0) is 4.79 Å². The molecule has 1 aromatic rings. The van der Waals surface area contributed by atoms with Crippen molar-refractivity contribution in [2.75, 3.05) is 13.6 Å². The molecule has 1 aliphatic rings. The maximum Gasteiger partial charge on any atom is 0.251 e. The first-order valence-corrected chi connectivity index (χ1v) is 7.07. The number of carbonyl (C=O) groups excluding carboxylic acids is 2. The third-order valence-electron chi connectivity index (χ3n) is 3.27. The predicted molar refractivity (Wildman–Crippen MR) is 77.0 cm³/mol. The topological polar surface area (TPSA) is 49.4 Å². The van der Waals surface area contributed by atoms with Crippen molar-refractivity contribution < 1.29 is 9.59 Å². The van der Waals surface area contributed by atoms with Crippen LogP contribution in [0.4, 0.5) is 0 Å². The SMILES string of the molecule is Cc1cc(Br)cc(C(=O)N[C@@H]2CCC(=O)N(C)C2)c1. The molecule has 0 bridgehead atoms. The number of aryl methyl sites for hydroxylation is 1. The highest BCUT2D eigenvalue weighted by atomic mass is 79.9. The maximum atomic E-state index is 12.2. The van der Waals surface area contributed by atoms with Gasteiger partial charge in [-0.2, -0.15) is 0 Å². The third-order valence-corrected chi connectivity index (χ3v) is 3.72. The second-order valence-corrected chi connectivity index (χ2v) is 5.92. The van der Waals surface area contributed by atoms with E-state index in [1.807, 2.05) is 19.1 Å². The van der Waals surface area contributed by atoms with Crippen molar-refractivity contribution in [3.05, 3.63) is 33.8 Å². The average molecular weight is 325 g/mol. The van der Waals surface area contributed by atoms with E-state index < -0.39 is 0 Å². The molecule has 4 nitrogen and oxygen atoms in total. The number of nitrogens with zero attached hydrogens (tertiary/aromatic N) is 1. The van der Waals surface area contributed by atoms with E-state index in [9.17, 15) is 9.59 Å². The fraction of sp³-hybridized carbons (Fsp3) is 0.429. The first-order valence-electron chi connectivity index (χ1n) is 6.28.